The summed E-state index contributed by atoms with van der Waals surface area (Å²) in [6.45, 7) is 5.74. The maximum absolute atomic E-state index is 5.42. The zero-order valence-corrected chi connectivity index (χ0v) is 14.3. The molecule has 0 saturated carbocycles. The molecule has 0 aliphatic heterocycles. The Labute approximate surface area is 132 Å². The van der Waals surface area contributed by atoms with E-state index in [1.807, 2.05) is 12.1 Å². The number of nitrogens with zero attached hydrogens (tertiary/aromatic N) is 1. The minimum Gasteiger partial charge on any atom is -0.496 e. The first-order valence-corrected chi connectivity index (χ1v) is 7.29. The number of aliphatic imine (C=N–C) groups is 1. The molecule has 0 amide bonds. The van der Waals surface area contributed by atoms with Gasteiger partial charge in [0, 0.05) is 31.8 Å². The van der Waals surface area contributed by atoms with E-state index in [9.17, 15) is 0 Å². The van der Waals surface area contributed by atoms with Crippen LogP contribution in [-0.4, -0.2) is 40.9 Å². The maximum Gasteiger partial charge on any atom is 0.191 e. The molecule has 0 atom stereocenters. The molecule has 1 aromatic rings. The molecule has 0 aromatic heterocycles. The number of nitrogens with one attached hydrogen (secondary N) is 2. The lowest BCUT2D eigenvalue weighted by Gasteiger charge is -2.17. The van der Waals surface area contributed by atoms with Gasteiger partial charge in [-0.1, -0.05) is 13.8 Å². The molecule has 22 heavy (non-hydrogen) atoms. The molecule has 6 nitrogen and oxygen atoms in total. The topological polar surface area (TPSA) is 64.1 Å². The van der Waals surface area contributed by atoms with Crippen LogP contribution in [0.1, 0.15) is 19.4 Å². The zero-order valence-electron chi connectivity index (χ0n) is 14.3. The summed E-state index contributed by atoms with van der Waals surface area (Å²) in [5, 5.41) is 6.54. The van der Waals surface area contributed by atoms with E-state index >= 15 is 0 Å². The Hall–Kier alpha value is -2.11. The largest absolute Gasteiger partial charge is 0.496 e. The second-order valence-electron chi connectivity index (χ2n) is 5.22. The smallest absolute Gasteiger partial charge is 0.191 e. The molecule has 0 aliphatic rings. The van der Waals surface area contributed by atoms with Gasteiger partial charge in [-0.3, -0.25) is 4.99 Å². The van der Waals surface area contributed by atoms with E-state index in [1.54, 1.807) is 28.4 Å². The van der Waals surface area contributed by atoms with Crippen LogP contribution in [0.2, 0.25) is 0 Å². The van der Waals surface area contributed by atoms with E-state index in [2.05, 4.69) is 29.5 Å². The van der Waals surface area contributed by atoms with Gasteiger partial charge in [-0.15, -0.1) is 0 Å². The van der Waals surface area contributed by atoms with Gasteiger partial charge < -0.3 is 24.8 Å². The van der Waals surface area contributed by atoms with Gasteiger partial charge in [0.25, 0.3) is 0 Å². The minimum atomic E-state index is 0.550. The van der Waals surface area contributed by atoms with Gasteiger partial charge in [-0.25, -0.2) is 0 Å². The second kappa shape index (κ2) is 9.02. The summed E-state index contributed by atoms with van der Waals surface area (Å²) in [5.74, 6) is 3.36. The fourth-order valence-corrected chi connectivity index (χ4v) is 1.93. The molecule has 0 radical (unpaired) electrons. The number of hydrogen-bond donors (Lipinski definition) is 2. The number of rotatable bonds is 7. The van der Waals surface area contributed by atoms with Crippen LogP contribution in [0.5, 0.6) is 17.2 Å². The van der Waals surface area contributed by atoms with Crippen molar-refractivity contribution in [1.82, 2.24) is 10.6 Å². The summed E-state index contributed by atoms with van der Waals surface area (Å²) in [7, 11) is 6.61. The monoisotopic (exact) mass is 309 g/mol. The quantitative estimate of drug-likeness (QED) is 0.596. The van der Waals surface area contributed by atoms with Crippen LogP contribution < -0.4 is 24.8 Å². The zero-order chi connectivity index (χ0) is 16.5. The van der Waals surface area contributed by atoms with E-state index in [-0.39, 0.29) is 0 Å². The van der Waals surface area contributed by atoms with E-state index in [1.165, 1.54) is 0 Å². The van der Waals surface area contributed by atoms with Crippen molar-refractivity contribution in [1.29, 1.82) is 0 Å². The normalized spacial score (nSPS) is 11.3. The predicted octanol–water partition coefficient (Wildman–Crippen LogP) is 2.03. The molecular weight excluding hydrogens is 282 g/mol. The predicted molar refractivity (Wildman–Crippen MR) is 89.1 cm³/mol. The highest BCUT2D eigenvalue weighted by Gasteiger charge is 2.12. The first kappa shape index (κ1) is 17.9. The minimum absolute atomic E-state index is 0.550. The average molecular weight is 309 g/mol. The molecule has 0 bridgehead atoms. The highest BCUT2D eigenvalue weighted by atomic mass is 16.5. The van der Waals surface area contributed by atoms with Gasteiger partial charge in [0.15, 0.2) is 17.5 Å². The molecular formula is C16H27N3O3. The van der Waals surface area contributed by atoms with Gasteiger partial charge in [0.2, 0.25) is 0 Å². The van der Waals surface area contributed by atoms with Crippen LogP contribution >= 0.6 is 0 Å². The first-order valence-electron chi connectivity index (χ1n) is 7.29. The molecule has 6 heteroatoms. The number of ether oxygens (including phenoxy) is 3. The Kier molecular flexibility index (Phi) is 7.36. The number of guanidine groups is 1. The number of hydrogen-bond acceptors (Lipinski definition) is 4. The fraction of sp³-hybridized carbons (Fsp3) is 0.562. The molecule has 124 valence electrons. The molecule has 0 aliphatic carbocycles. The molecule has 1 aromatic carbocycles. The Balaban J connectivity index is 2.83. The third-order valence-corrected chi connectivity index (χ3v) is 3.13. The van der Waals surface area contributed by atoms with Crippen LogP contribution in [0.25, 0.3) is 0 Å². The molecule has 0 spiro atoms. The Morgan fingerprint density at radius 2 is 1.59 bits per heavy atom. The Bertz CT molecular complexity index is 502. The lowest BCUT2D eigenvalue weighted by Crippen LogP contribution is -2.38. The Morgan fingerprint density at radius 3 is 2.09 bits per heavy atom. The summed E-state index contributed by atoms with van der Waals surface area (Å²) < 4.78 is 16.0. The average Bonchev–Trinajstić information content (AvgIpc) is 2.53. The van der Waals surface area contributed by atoms with Crippen molar-refractivity contribution in [2.24, 2.45) is 10.9 Å². The van der Waals surface area contributed by atoms with Crippen LogP contribution in [-0.2, 0) is 6.54 Å². The van der Waals surface area contributed by atoms with Crippen LogP contribution in [0, 0.1) is 5.92 Å². The molecule has 0 heterocycles. The molecule has 0 saturated heterocycles. The summed E-state index contributed by atoms with van der Waals surface area (Å²) in [5.41, 5.74) is 0.965. The molecule has 0 fully saturated rings. The van der Waals surface area contributed by atoms with Crippen molar-refractivity contribution in [3.63, 3.8) is 0 Å². The standard InChI is InChI=1S/C16H27N3O3/c1-11(2)9-18-16(17-3)19-10-12-7-14(21-5)15(22-6)8-13(12)20-4/h7-8,11H,9-10H2,1-6H3,(H2,17,18,19). The third kappa shape index (κ3) is 5.02. The number of methoxy groups -OCH3 is 3. The lowest BCUT2D eigenvalue weighted by atomic mass is 10.1. The van der Waals surface area contributed by atoms with Crippen LogP contribution in [0.3, 0.4) is 0 Å². The van der Waals surface area contributed by atoms with Crippen molar-refractivity contribution in [3.8, 4) is 17.2 Å². The van der Waals surface area contributed by atoms with E-state index in [0.29, 0.717) is 24.0 Å². The van der Waals surface area contributed by atoms with Gasteiger partial charge in [0.1, 0.15) is 5.75 Å². The van der Waals surface area contributed by atoms with Gasteiger partial charge >= 0.3 is 0 Å². The van der Waals surface area contributed by atoms with Crippen LogP contribution in [0.15, 0.2) is 17.1 Å². The highest BCUT2D eigenvalue weighted by Crippen LogP contribution is 2.34. The van der Waals surface area contributed by atoms with Gasteiger partial charge in [-0.05, 0) is 12.0 Å². The molecule has 2 N–H and O–H groups in total. The first-order chi connectivity index (χ1) is 10.5. The van der Waals surface area contributed by atoms with E-state index in [0.717, 1.165) is 23.8 Å². The third-order valence-electron chi connectivity index (χ3n) is 3.13. The summed E-state index contributed by atoms with van der Waals surface area (Å²) in [6, 6.07) is 3.72. The number of benzene rings is 1. The highest BCUT2D eigenvalue weighted by molar-refractivity contribution is 5.79. The molecule has 0 unspecified atom stereocenters. The van der Waals surface area contributed by atoms with Gasteiger partial charge in [0.05, 0.1) is 21.3 Å². The van der Waals surface area contributed by atoms with Crippen molar-refractivity contribution in [3.05, 3.63) is 17.7 Å². The van der Waals surface area contributed by atoms with Crippen LogP contribution in [0.4, 0.5) is 0 Å². The summed E-state index contributed by atoms with van der Waals surface area (Å²) >= 11 is 0. The lowest BCUT2D eigenvalue weighted by molar-refractivity contribution is 0.347. The van der Waals surface area contributed by atoms with E-state index in [4.69, 9.17) is 14.2 Å². The van der Waals surface area contributed by atoms with Crippen molar-refractivity contribution in [2.75, 3.05) is 34.9 Å². The van der Waals surface area contributed by atoms with Crippen molar-refractivity contribution >= 4 is 5.96 Å². The van der Waals surface area contributed by atoms with Gasteiger partial charge in [-0.2, -0.15) is 0 Å². The summed E-state index contributed by atoms with van der Waals surface area (Å²) in [4.78, 5) is 4.20. The maximum atomic E-state index is 5.42. The van der Waals surface area contributed by atoms with Crippen molar-refractivity contribution in [2.45, 2.75) is 20.4 Å². The molecule has 1 rings (SSSR count). The SMILES string of the molecule is CN=C(NCc1cc(OC)c(OC)cc1OC)NCC(C)C. The Morgan fingerprint density at radius 1 is 1.00 bits per heavy atom. The second-order valence-corrected chi connectivity index (χ2v) is 5.22. The fourth-order valence-electron chi connectivity index (χ4n) is 1.93. The van der Waals surface area contributed by atoms with E-state index < -0.39 is 0 Å². The summed E-state index contributed by atoms with van der Waals surface area (Å²) in [6.07, 6.45) is 0. The van der Waals surface area contributed by atoms with Crippen molar-refractivity contribution < 1.29 is 14.2 Å².